The van der Waals surface area contributed by atoms with E-state index < -0.39 is 11.8 Å². The maximum Gasteiger partial charge on any atom is 0.276 e. The molecule has 0 radical (unpaired) electrons. The molecular weight excluding hydrogens is 346 g/mol. The third kappa shape index (κ3) is 4.69. The molecule has 0 aliphatic heterocycles. The van der Waals surface area contributed by atoms with Gasteiger partial charge in [-0.25, -0.2) is 9.67 Å². The highest BCUT2D eigenvalue weighted by molar-refractivity contribution is 5.95. The monoisotopic (exact) mass is 365 g/mol. The van der Waals surface area contributed by atoms with Gasteiger partial charge in [0.05, 0.1) is 5.69 Å². The Bertz CT molecular complexity index is 907. The lowest BCUT2D eigenvalue weighted by atomic mass is 10.1. The molecule has 1 aromatic heterocycles. The predicted octanol–water partition coefficient (Wildman–Crippen LogP) is 1.67. The van der Waals surface area contributed by atoms with Gasteiger partial charge in [-0.15, -0.1) is 0 Å². The van der Waals surface area contributed by atoms with E-state index in [1.807, 2.05) is 25.1 Å². The van der Waals surface area contributed by atoms with E-state index in [9.17, 15) is 9.59 Å². The number of hydrogen-bond acceptors (Lipinski definition) is 5. The maximum absolute atomic E-state index is 12.1. The first kappa shape index (κ1) is 18.1. The minimum absolute atomic E-state index is 0.192. The summed E-state index contributed by atoms with van der Waals surface area (Å²) in [6.07, 6.45) is 3.79. The summed E-state index contributed by atoms with van der Waals surface area (Å²) in [6.45, 7) is 1.82. The fourth-order valence-corrected chi connectivity index (χ4v) is 2.42. The molecule has 3 aromatic rings. The van der Waals surface area contributed by atoms with E-state index in [0.717, 1.165) is 17.7 Å². The minimum Gasteiger partial charge on any atom is -0.483 e. The first-order valence-electron chi connectivity index (χ1n) is 8.42. The molecule has 0 aliphatic carbocycles. The molecule has 2 aromatic carbocycles. The summed E-state index contributed by atoms with van der Waals surface area (Å²) in [5, 5.41) is 4.01. The number of para-hydroxylation sites is 1. The summed E-state index contributed by atoms with van der Waals surface area (Å²) in [6, 6.07) is 14.2. The number of carbonyl (C=O) groups excluding carboxylic acids is 2. The van der Waals surface area contributed by atoms with Gasteiger partial charge in [0.15, 0.2) is 6.61 Å². The normalized spacial score (nSPS) is 10.3. The summed E-state index contributed by atoms with van der Waals surface area (Å²) >= 11 is 0. The van der Waals surface area contributed by atoms with Crippen LogP contribution in [0.4, 0.5) is 0 Å². The molecule has 0 saturated heterocycles. The Morgan fingerprint density at radius 1 is 1.07 bits per heavy atom. The fourth-order valence-electron chi connectivity index (χ4n) is 2.42. The molecule has 8 heteroatoms. The van der Waals surface area contributed by atoms with Crippen molar-refractivity contribution in [3.63, 3.8) is 0 Å². The molecule has 0 bridgehead atoms. The number of nitrogens with one attached hydrogen (secondary N) is 2. The van der Waals surface area contributed by atoms with E-state index in [0.29, 0.717) is 11.3 Å². The summed E-state index contributed by atoms with van der Waals surface area (Å²) in [7, 11) is 0. The minimum atomic E-state index is -0.450. The van der Waals surface area contributed by atoms with Crippen LogP contribution in [0.1, 0.15) is 22.8 Å². The molecule has 0 unspecified atom stereocenters. The lowest BCUT2D eigenvalue weighted by Crippen LogP contribution is -2.43. The van der Waals surface area contributed by atoms with E-state index in [-0.39, 0.29) is 6.61 Å². The Labute approximate surface area is 156 Å². The van der Waals surface area contributed by atoms with Crippen LogP contribution in [0.2, 0.25) is 0 Å². The molecule has 8 nitrogen and oxygen atoms in total. The number of hydrogen-bond donors (Lipinski definition) is 2. The van der Waals surface area contributed by atoms with Crippen molar-refractivity contribution in [1.29, 1.82) is 0 Å². The lowest BCUT2D eigenvalue weighted by molar-refractivity contribution is -0.123. The molecule has 3 rings (SSSR count). The van der Waals surface area contributed by atoms with E-state index in [1.165, 1.54) is 6.33 Å². The smallest absolute Gasteiger partial charge is 0.276 e. The van der Waals surface area contributed by atoms with Gasteiger partial charge < -0.3 is 4.74 Å². The van der Waals surface area contributed by atoms with Crippen LogP contribution in [-0.2, 0) is 11.2 Å². The van der Waals surface area contributed by atoms with Gasteiger partial charge in [0.1, 0.15) is 18.4 Å². The van der Waals surface area contributed by atoms with Gasteiger partial charge in [-0.2, -0.15) is 5.10 Å². The molecule has 0 atom stereocenters. The van der Waals surface area contributed by atoms with Crippen LogP contribution in [0.15, 0.2) is 61.2 Å². The number of benzene rings is 2. The Morgan fingerprint density at radius 2 is 1.85 bits per heavy atom. The molecular formula is C19H19N5O3. The molecule has 27 heavy (non-hydrogen) atoms. The first-order valence-corrected chi connectivity index (χ1v) is 8.42. The quantitative estimate of drug-likeness (QED) is 0.648. The summed E-state index contributed by atoms with van der Waals surface area (Å²) < 4.78 is 7.08. The van der Waals surface area contributed by atoms with Crippen LogP contribution in [0, 0.1) is 0 Å². The molecule has 0 aliphatic rings. The number of amides is 2. The van der Waals surface area contributed by atoms with Gasteiger partial charge in [0, 0.05) is 5.56 Å². The van der Waals surface area contributed by atoms with E-state index in [1.54, 1.807) is 41.3 Å². The van der Waals surface area contributed by atoms with Gasteiger partial charge in [-0.3, -0.25) is 20.4 Å². The molecule has 2 N–H and O–H groups in total. The third-order valence-corrected chi connectivity index (χ3v) is 3.84. The second kappa shape index (κ2) is 8.61. The standard InChI is InChI=1S/C19H19N5O3/c1-2-14-5-3-4-6-17(14)27-11-18(25)22-23-19(26)15-7-9-16(10-8-15)24-13-20-12-21-24/h3-10,12-13H,2,11H2,1H3,(H,22,25)(H,23,26). The Kier molecular flexibility index (Phi) is 5.78. The zero-order valence-corrected chi connectivity index (χ0v) is 14.8. The van der Waals surface area contributed by atoms with Crippen LogP contribution >= 0.6 is 0 Å². The van der Waals surface area contributed by atoms with Crippen LogP contribution in [0.3, 0.4) is 0 Å². The average molecular weight is 365 g/mol. The maximum atomic E-state index is 12.1. The van der Waals surface area contributed by atoms with E-state index in [2.05, 4.69) is 20.9 Å². The summed E-state index contributed by atoms with van der Waals surface area (Å²) in [5.41, 5.74) is 6.89. The van der Waals surface area contributed by atoms with Crippen LogP contribution in [0.25, 0.3) is 5.69 Å². The first-order chi connectivity index (χ1) is 13.2. The highest BCUT2D eigenvalue weighted by Crippen LogP contribution is 2.17. The van der Waals surface area contributed by atoms with Crippen molar-refractivity contribution in [3.8, 4) is 11.4 Å². The summed E-state index contributed by atoms with van der Waals surface area (Å²) in [4.78, 5) is 27.9. The number of aryl methyl sites for hydroxylation is 1. The number of carbonyl (C=O) groups is 2. The van der Waals surface area contributed by atoms with Crippen molar-refractivity contribution < 1.29 is 14.3 Å². The second-order valence-corrected chi connectivity index (χ2v) is 5.64. The van der Waals surface area contributed by atoms with Crippen molar-refractivity contribution >= 4 is 11.8 Å². The Balaban J connectivity index is 1.49. The third-order valence-electron chi connectivity index (χ3n) is 3.84. The molecule has 138 valence electrons. The number of aromatic nitrogens is 3. The van der Waals surface area contributed by atoms with Crippen molar-refractivity contribution in [2.45, 2.75) is 13.3 Å². The summed E-state index contributed by atoms with van der Waals surface area (Å²) in [5.74, 6) is -0.221. The highest BCUT2D eigenvalue weighted by atomic mass is 16.5. The number of rotatable bonds is 6. The zero-order chi connectivity index (χ0) is 19.1. The number of hydrazine groups is 1. The number of nitrogens with zero attached hydrogens (tertiary/aromatic N) is 3. The van der Waals surface area contributed by atoms with E-state index >= 15 is 0 Å². The van der Waals surface area contributed by atoms with Gasteiger partial charge >= 0.3 is 0 Å². The highest BCUT2D eigenvalue weighted by Gasteiger charge is 2.09. The van der Waals surface area contributed by atoms with Crippen molar-refractivity contribution in [1.82, 2.24) is 25.6 Å². The molecule has 0 fully saturated rings. The van der Waals surface area contributed by atoms with Crippen molar-refractivity contribution in [2.24, 2.45) is 0 Å². The Morgan fingerprint density at radius 3 is 2.56 bits per heavy atom. The number of ether oxygens (including phenoxy) is 1. The van der Waals surface area contributed by atoms with Crippen LogP contribution < -0.4 is 15.6 Å². The van der Waals surface area contributed by atoms with Gasteiger partial charge in [0.25, 0.3) is 11.8 Å². The van der Waals surface area contributed by atoms with Gasteiger partial charge in [-0.05, 0) is 42.3 Å². The largest absolute Gasteiger partial charge is 0.483 e. The van der Waals surface area contributed by atoms with Gasteiger partial charge in [0.2, 0.25) is 0 Å². The second-order valence-electron chi connectivity index (χ2n) is 5.64. The zero-order valence-electron chi connectivity index (χ0n) is 14.8. The SMILES string of the molecule is CCc1ccccc1OCC(=O)NNC(=O)c1ccc(-n2cncn2)cc1. The molecule has 1 heterocycles. The van der Waals surface area contributed by atoms with Crippen LogP contribution in [0.5, 0.6) is 5.75 Å². The predicted molar refractivity (Wildman–Crippen MR) is 98.3 cm³/mol. The topological polar surface area (TPSA) is 98.1 Å². The fraction of sp³-hybridized carbons (Fsp3) is 0.158. The molecule has 0 spiro atoms. The molecule has 0 saturated carbocycles. The average Bonchev–Trinajstić information content (AvgIpc) is 3.25. The Hall–Kier alpha value is -3.68. The van der Waals surface area contributed by atoms with E-state index in [4.69, 9.17) is 4.74 Å². The van der Waals surface area contributed by atoms with Crippen LogP contribution in [-0.4, -0.2) is 33.2 Å². The molecule has 2 amide bonds. The van der Waals surface area contributed by atoms with Gasteiger partial charge in [-0.1, -0.05) is 25.1 Å². The lowest BCUT2D eigenvalue weighted by Gasteiger charge is -2.11. The van der Waals surface area contributed by atoms with Crippen molar-refractivity contribution in [3.05, 3.63) is 72.3 Å². The van der Waals surface area contributed by atoms with Crippen molar-refractivity contribution in [2.75, 3.05) is 6.61 Å².